The van der Waals surface area contributed by atoms with E-state index in [0.717, 1.165) is 17.5 Å². The van der Waals surface area contributed by atoms with Crippen LogP contribution in [0.1, 0.15) is 52.7 Å². The Balaban J connectivity index is 2.36. The lowest BCUT2D eigenvalue weighted by Gasteiger charge is -2.26. The van der Waals surface area contributed by atoms with Gasteiger partial charge in [-0.1, -0.05) is 24.3 Å². The Bertz CT molecular complexity index is 513. The molecule has 0 heterocycles. The molecular formula is C19H32N2O3. The minimum atomic E-state index is -0.743. The molecule has 0 aliphatic heterocycles. The zero-order chi connectivity index (χ0) is 18.4. The van der Waals surface area contributed by atoms with Gasteiger partial charge in [0, 0.05) is 19.1 Å². The predicted octanol–water partition coefficient (Wildman–Crippen LogP) is 3.00. The monoisotopic (exact) mass is 336 g/mol. The maximum absolute atomic E-state index is 11.6. The number of rotatable bonds is 7. The van der Waals surface area contributed by atoms with E-state index in [1.165, 1.54) is 0 Å². The van der Waals surface area contributed by atoms with Crippen LogP contribution >= 0.6 is 0 Å². The summed E-state index contributed by atoms with van der Waals surface area (Å²) in [6.45, 7) is 12.4. The molecule has 0 aromatic heterocycles. The summed E-state index contributed by atoms with van der Waals surface area (Å²) in [6, 6.07) is 8.25. The Morgan fingerprint density at radius 2 is 1.67 bits per heavy atom. The van der Waals surface area contributed by atoms with E-state index in [1.807, 2.05) is 27.7 Å². The minimum Gasteiger partial charge on any atom is -0.444 e. The molecule has 0 fully saturated rings. The fourth-order valence-corrected chi connectivity index (χ4v) is 1.97. The van der Waals surface area contributed by atoms with Crippen molar-refractivity contribution in [1.82, 2.24) is 10.6 Å². The van der Waals surface area contributed by atoms with E-state index in [0.29, 0.717) is 13.1 Å². The van der Waals surface area contributed by atoms with Crippen molar-refractivity contribution >= 4 is 6.09 Å². The topological polar surface area (TPSA) is 70.6 Å². The molecule has 1 rings (SSSR count). The third kappa shape index (κ3) is 8.31. The van der Waals surface area contributed by atoms with Crippen molar-refractivity contribution in [3.63, 3.8) is 0 Å². The van der Waals surface area contributed by atoms with Crippen molar-refractivity contribution in [3.8, 4) is 0 Å². The van der Waals surface area contributed by atoms with E-state index in [-0.39, 0.29) is 12.1 Å². The first-order valence-electron chi connectivity index (χ1n) is 8.48. The largest absolute Gasteiger partial charge is 0.444 e. The molecule has 0 radical (unpaired) electrons. The van der Waals surface area contributed by atoms with Gasteiger partial charge in [0.05, 0.1) is 5.60 Å². The Hall–Kier alpha value is -1.59. The van der Waals surface area contributed by atoms with Crippen LogP contribution < -0.4 is 10.6 Å². The Labute approximate surface area is 145 Å². The van der Waals surface area contributed by atoms with E-state index in [1.54, 1.807) is 13.8 Å². The molecule has 0 saturated carbocycles. The number of hydrogen-bond donors (Lipinski definition) is 3. The average molecular weight is 336 g/mol. The van der Waals surface area contributed by atoms with Gasteiger partial charge in [-0.25, -0.2) is 4.79 Å². The van der Waals surface area contributed by atoms with Crippen molar-refractivity contribution in [3.05, 3.63) is 35.4 Å². The normalized spacial score (nSPS) is 13.5. The van der Waals surface area contributed by atoms with Crippen LogP contribution in [0.25, 0.3) is 0 Å². The highest BCUT2D eigenvalue weighted by molar-refractivity contribution is 5.67. The smallest absolute Gasteiger partial charge is 0.407 e. The summed E-state index contributed by atoms with van der Waals surface area (Å²) in [6.07, 6.45) is 0.372. The van der Waals surface area contributed by atoms with Gasteiger partial charge in [0.25, 0.3) is 0 Å². The van der Waals surface area contributed by atoms with Crippen LogP contribution in [-0.4, -0.2) is 35.0 Å². The van der Waals surface area contributed by atoms with Gasteiger partial charge in [-0.2, -0.15) is 0 Å². The number of alkyl carbamates (subject to hydrolysis) is 1. The zero-order valence-corrected chi connectivity index (χ0v) is 15.8. The minimum absolute atomic E-state index is 0.00945. The van der Waals surface area contributed by atoms with Crippen LogP contribution in [-0.2, 0) is 17.7 Å². The maximum Gasteiger partial charge on any atom is 0.407 e. The second kappa shape index (κ2) is 8.49. The summed E-state index contributed by atoms with van der Waals surface area (Å²) in [5.74, 6) is 0. The molecule has 1 atom stereocenters. The SMILES string of the molecule is CC(NCc1ccc(CCNC(=O)OC(C)(C)C)cc1)C(C)(C)O. The van der Waals surface area contributed by atoms with Crippen molar-refractivity contribution in [2.24, 2.45) is 0 Å². The Morgan fingerprint density at radius 3 is 2.17 bits per heavy atom. The van der Waals surface area contributed by atoms with Gasteiger partial charge in [0.15, 0.2) is 0 Å². The molecule has 0 aliphatic carbocycles. The fourth-order valence-electron chi connectivity index (χ4n) is 1.97. The third-order valence-corrected chi connectivity index (χ3v) is 3.78. The average Bonchev–Trinajstić information content (AvgIpc) is 2.43. The highest BCUT2D eigenvalue weighted by Gasteiger charge is 2.21. The lowest BCUT2D eigenvalue weighted by Crippen LogP contribution is -2.44. The molecule has 5 heteroatoms. The molecule has 1 aromatic rings. The summed E-state index contributed by atoms with van der Waals surface area (Å²) in [4.78, 5) is 11.6. The van der Waals surface area contributed by atoms with E-state index in [4.69, 9.17) is 4.74 Å². The second-order valence-corrected chi connectivity index (χ2v) is 7.75. The van der Waals surface area contributed by atoms with Crippen molar-refractivity contribution in [1.29, 1.82) is 0 Å². The van der Waals surface area contributed by atoms with Gasteiger partial charge in [0.1, 0.15) is 5.60 Å². The van der Waals surface area contributed by atoms with Crippen LogP contribution in [0.2, 0.25) is 0 Å². The molecule has 0 bridgehead atoms. The summed E-state index contributed by atoms with van der Waals surface area (Å²) in [5, 5.41) is 16.0. The molecule has 1 aromatic carbocycles. The van der Waals surface area contributed by atoms with Crippen LogP contribution in [0.5, 0.6) is 0 Å². The number of benzene rings is 1. The van der Waals surface area contributed by atoms with Gasteiger partial charge >= 0.3 is 6.09 Å². The van der Waals surface area contributed by atoms with Crippen LogP contribution in [0.3, 0.4) is 0 Å². The molecular weight excluding hydrogens is 304 g/mol. The van der Waals surface area contributed by atoms with E-state index in [9.17, 15) is 9.90 Å². The highest BCUT2D eigenvalue weighted by atomic mass is 16.6. The number of ether oxygens (including phenoxy) is 1. The van der Waals surface area contributed by atoms with Gasteiger partial charge in [-0.05, 0) is 59.1 Å². The molecule has 5 nitrogen and oxygen atoms in total. The lowest BCUT2D eigenvalue weighted by molar-refractivity contribution is 0.0437. The van der Waals surface area contributed by atoms with Crippen molar-refractivity contribution in [2.75, 3.05) is 6.54 Å². The van der Waals surface area contributed by atoms with E-state index in [2.05, 4.69) is 34.9 Å². The first-order chi connectivity index (χ1) is 11.0. The van der Waals surface area contributed by atoms with Crippen LogP contribution in [0.15, 0.2) is 24.3 Å². The summed E-state index contributed by atoms with van der Waals surface area (Å²) in [5.41, 5.74) is 1.10. The second-order valence-electron chi connectivity index (χ2n) is 7.75. The standard InChI is InChI=1S/C19H32N2O3/c1-14(19(5,6)23)21-13-16-9-7-15(8-10-16)11-12-20-17(22)24-18(2,3)4/h7-10,14,21,23H,11-13H2,1-6H3,(H,20,22). The first-order valence-corrected chi connectivity index (χ1v) is 8.48. The van der Waals surface area contributed by atoms with Gasteiger partial charge < -0.3 is 20.5 Å². The van der Waals surface area contributed by atoms with Gasteiger partial charge in [-0.3, -0.25) is 0 Å². The molecule has 0 aliphatic rings. The zero-order valence-electron chi connectivity index (χ0n) is 15.8. The summed E-state index contributed by atoms with van der Waals surface area (Å²) >= 11 is 0. The maximum atomic E-state index is 11.6. The van der Waals surface area contributed by atoms with Gasteiger partial charge in [-0.15, -0.1) is 0 Å². The number of nitrogens with one attached hydrogen (secondary N) is 2. The highest BCUT2D eigenvalue weighted by Crippen LogP contribution is 2.10. The molecule has 136 valence electrons. The van der Waals surface area contributed by atoms with Crippen molar-refractivity contribution in [2.45, 2.75) is 71.8 Å². The predicted molar refractivity (Wildman–Crippen MR) is 97.0 cm³/mol. The quantitative estimate of drug-likeness (QED) is 0.716. The number of carbonyl (C=O) groups excluding carboxylic acids is 1. The molecule has 3 N–H and O–H groups in total. The first kappa shape index (κ1) is 20.5. The molecule has 1 amide bonds. The number of hydrogen-bond acceptors (Lipinski definition) is 4. The molecule has 0 spiro atoms. The Morgan fingerprint density at radius 1 is 1.12 bits per heavy atom. The van der Waals surface area contributed by atoms with E-state index < -0.39 is 11.2 Å². The lowest BCUT2D eigenvalue weighted by atomic mass is 10.0. The molecule has 0 saturated heterocycles. The number of carbonyl (C=O) groups is 1. The summed E-state index contributed by atoms with van der Waals surface area (Å²) < 4.78 is 5.20. The Kier molecular flexibility index (Phi) is 7.24. The number of aliphatic hydroxyl groups is 1. The third-order valence-electron chi connectivity index (χ3n) is 3.78. The number of amides is 1. The molecule has 24 heavy (non-hydrogen) atoms. The van der Waals surface area contributed by atoms with Crippen molar-refractivity contribution < 1.29 is 14.6 Å². The van der Waals surface area contributed by atoms with Crippen LogP contribution in [0, 0.1) is 0 Å². The molecule has 1 unspecified atom stereocenters. The fraction of sp³-hybridized carbons (Fsp3) is 0.632. The summed E-state index contributed by atoms with van der Waals surface area (Å²) in [7, 11) is 0. The van der Waals surface area contributed by atoms with E-state index >= 15 is 0 Å². The van der Waals surface area contributed by atoms with Gasteiger partial charge in [0.2, 0.25) is 0 Å². The van der Waals surface area contributed by atoms with Crippen LogP contribution in [0.4, 0.5) is 4.79 Å².